The number of nitrogens with zero attached hydrogens (tertiary/aromatic N) is 1. The van der Waals surface area contributed by atoms with Crippen molar-refractivity contribution in [3.05, 3.63) is 35.4 Å². The van der Waals surface area contributed by atoms with Gasteiger partial charge in [0.25, 0.3) is 0 Å². The first kappa shape index (κ1) is 13.6. The number of carbonyl (C=O) groups excluding carboxylic acids is 1. The molecule has 1 fully saturated rings. The van der Waals surface area contributed by atoms with Gasteiger partial charge in [0.05, 0.1) is 6.42 Å². The van der Waals surface area contributed by atoms with Crippen LogP contribution in [0, 0.1) is 12.8 Å². The fraction of sp³-hybridized carbons (Fsp3) is 0.467. The van der Waals surface area contributed by atoms with E-state index in [0.29, 0.717) is 12.5 Å². The molecule has 1 N–H and O–H groups in total. The highest BCUT2D eigenvalue weighted by Gasteiger charge is 2.27. The molecule has 102 valence electrons. The molecule has 0 saturated heterocycles. The Bertz CT molecular complexity index is 480. The van der Waals surface area contributed by atoms with Crippen molar-refractivity contribution >= 4 is 11.9 Å². The molecule has 1 amide bonds. The fourth-order valence-corrected chi connectivity index (χ4v) is 2.14. The van der Waals surface area contributed by atoms with Gasteiger partial charge in [-0.15, -0.1) is 0 Å². The SMILES string of the molecule is Cc1cccc(CC(=O)N(CC(=O)O)CC2CC2)c1. The molecule has 0 radical (unpaired) electrons. The molecule has 0 heterocycles. The van der Waals surface area contributed by atoms with Crippen LogP contribution in [0.5, 0.6) is 0 Å². The van der Waals surface area contributed by atoms with Gasteiger partial charge in [0, 0.05) is 6.54 Å². The van der Waals surface area contributed by atoms with E-state index in [1.54, 1.807) is 0 Å². The molecule has 0 unspecified atom stereocenters. The zero-order valence-electron chi connectivity index (χ0n) is 11.1. The number of hydrogen-bond donors (Lipinski definition) is 1. The number of carbonyl (C=O) groups is 2. The number of carboxylic acids is 1. The maximum absolute atomic E-state index is 12.2. The zero-order chi connectivity index (χ0) is 13.8. The van der Waals surface area contributed by atoms with Crippen molar-refractivity contribution in [3.8, 4) is 0 Å². The number of aryl methyl sites for hydroxylation is 1. The van der Waals surface area contributed by atoms with E-state index in [-0.39, 0.29) is 18.9 Å². The molecule has 4 nitrogen and oxygen atoms in total. The van der Waals surface area contributed by atoms with Crippen LogP contribution in [0.3, 0.4) is 0 Å². The van der Waals surface area contributed by atoms with Crippen molar-refractivity contribution in [3.63, 3.8) is 0 Å². The van der Waals surface area contributed by atoms with Crippen LogP contribution in [0.4, 0.5) is 0 Å². The van der Waals surface area contributed by atoms with Crippen LogP contribution in [0.15, 0.2) is 24.3 Å². The van der Waals surface area contributed by atoms with Crippen LogP contribution in [-0.4, -0.2) is 35.0 Å². The van der Waals surface area contributed by atoms with Gasteiger partial charge in [-0.1, -0.05) is 29.8 Å². The van der Waals surface area contributed by atoms with Crippen molar-refractivity contribution in [2.75, 3.05) is 13.1 Å². The lowest BCUT2D eigenvalue weighted by Gasteiger charge is -2.20. The van der Waals surface area contributed by atoms with Crippen molar-refractivity contribution in [1.29, 1.82) is 0 Å². The summed E-state index contributed by atoms with van der Waals surface area (Å²) in [4.78, 5) is 24.5. The van der Waals surface area contributed by atoms with E-state index >= 15 is 0 Å². The Hall–Kier alpha value is -1.84. The second-order valence-electron chi connectivity index (χ2n) is 5.28. The Labute approximate surface area is 113 Å². The fourth-order valence-electron chi connectivity index (χ4n) is 2.14. The number of carboxylic acid groups (broad SMARTS) is 1. The Morgan fingerprint density at radius 1 is 1.37 bits per heavy atom. The summed E-state index contributed by atoms with van der Waals surface area (Å²) in [6.07, 6.45) is 2.49. The van der Waals surface area contributed by atoms with Crippen molar-refractivity contribution in [2.45, 2.75) is 26.2 Å². The first-order valence-corrected chi connectivity index (χ1v) is 6.59. The molecule has 19 heavy (non-hydrogen) atoms. The van der Waals surface area contributed by atoms with Crippen LogP contribution in [0.1, 0.15) is 24.0 Å². The van der Waals surface area contributed by atoms with Gasteiger partial charge in [-0.2, -0.15) is 0 Å². The summed E-state index contributed by atoms with van der Waals surface area (Å²) in [6.45, 7) is 2.37. The Balaban J connectivity index is 1.99. The third-order valence-corrected chi connectivity index (χ3v) is 3.29. The number of hydrogen-bond acceptors (Lipinski definition) is 2. The number of amides is 1. The van der Waals surface area contributed by atoms with E-state index < -0.39 is 5.97 Å². The van der Waals surface area contributed by atoms with Crippen molar-refractivity contribution < 1.29 is 14.7 Å². The molecule has 1 aromatic rings. The molecule has 0 aromatic heterocycles. The van der Waals surface area contributed by atoms with Gasteiger partial charge in [-0.3, -0.25) is 9.59 Å². The van der Waals surface area contributed by atoms with E-state index in [4.69, 9.17) is 5.11 Å². The molecule has 4 heteroatoms. The van der Waals surface area contributed by atoms with Crippen molar-refractivity contribution in [1.82, 2.24) is 4.90 Å². The van der Waals surface area contributed by atoms with Gasteiger partial charge in [-0.25, -0.2) is 0 Å². The van der Waals surface area contributed by atoms with Crippen molar-refractivity contribution in [2.24, 2.45) is 5.92 Å². The minimum Gasteiger partial charge on any atom is -0.480 e. The average Bonchev–Trinajstić information content (AvgIpc) is 3.11. The second-order valence-corrected chi connectivity index (χ2v) is 5.28. The first-order chi connectivity index (χ1) is 9.04. The molecule has 1 aliphatic rings. The van der Waals surface area contributed by atoms with E-state index in [1.807, 2.05) is 31.2 Å². The number of aliphatic carboxylic acids is 1. The van der Waals surface area contributed by atoms with Gasteiger partial charge in [0.15, 0.2) is 0 Å². The summed E-state index contributed by atoms with van der Waals surface area (Å²) in [7, 11) is 0. The summed E-state index contributed by atoms with van der Waals surface area (Å²) < 4.78 is 0. The highest BCUT2D eigenvalue weighted by Crippen LogP contribution is 2.29. The minimum atomic E-state index is -0.946. The lowest BCUT2D eigenvalue weighted by Crippen LogP contribution is -2.38. The van der Waals surface area contributed by atoms with Crippen LogP contribution in [-0.2, 0) is 16.0 Å². The predicted molar refractivity (Wildman–Crippen MR) is 71.8 cm³/mol. The summed E-state index contributed by atoms with van der Waals surface area (Å²) in [5.74, 6) is -0.543. The largest absolute Gasteiger partial charge is 0.480 e. The quantitative estimate of drug-likeness (QED) is 0.850. The maximum Gasteiger partial charge on any atom is 0.323 e. The number of benzene rings is 1. The summed E-state index contributed by atoms with van der Waals surface area (Å²) in [5, 5.41) is 8.88. The molecule has 2 rings (SSSR count). The van der Waals surface area contributed by atoms with Gasteiger partial charge >= 0.3 is 5.97 Å². The molecule has 1 saturated carbocycles. The lowest BCUT2D eigenvalue weighted by molar-refractivity contribution is -0.144. The summed E-state index contributed by atoms with van der Waals surface area (Å²) in [6, 6.07) is 7.77. The molecule has 1 aromatic carbocycles. The monoisotopic (exact) mass is 261 g/mol. The molecule has 0 atom stereocenters. The lowest BCUT2D eigenvalue weighted by atomic mass is 10.1. The topological polar surface area (TPSA) is 57.6 Å². The molecule has 0 spiro atoms. The maximum atomic E-state index is 12.2. The first-order valence-electron chi connectivity index (χ1n) is 6.59. The smallest absolute Gasteiger partial charge is 0.323 e. The van der Waals surface area contributed by atoms with Crippen LogP contribution >= 0.6 is 0 Å². The number of rotatable bonds is 6. The summed E-state index contributed by atoms with van der Waals surface area (Å²) in [5.41, 5.74) is 2.05. The van der Waals surface area contributed by atoms with Crippen LogP contribution in [0.25, 0.3) is 0 Å². The zero-order valence-corrected chi connectivity index (χ0v) is 11.1. The van der Waals surface area contributed by atoms with E-state index in [0.717, 1.165) is 24.0 Å². The van der Waals surface area contributed by atoms with E-state index in [9.17, 15) is 9.59 Å². The highest BCUT2D eigenvalue weighted by atomic mass is 16.4. The van der Waals surface area contributed by atoms with Crippen LogP contribution < -0.4 is 0 Å². The molecule has 0 bridgehead atoms. The van der Waals surface area contributed by atoms with Gasteiger partial charge in [-0.05, 0) is 31.2 Å². The summed E-state index contributed by atoms with van der Waals surface area (Å²) >= 11 is 0. The molecular formula is C15H19NO3. The normalized spacial score (nSPS) is 14.2. The van der Waals surface area contributed by atoms with Gasteiger partial charge < -0.3 is 10.0 Å². The highest BCUT2D eigenvalue weighted by molar-refractivity contribution is 5.83. The Morgan fingerprint density at radius 3 is 2.68 bits per heavy atom. The van der Waals surface area contributed by atoms with E-state index in [1.165, 1.54) is 4.90 Å². The van der Waals surface area contributed by atoms with Gasteiger partial charge in [0.1, 0.15) is 6.54 Å². The minimum absolute atomic E-state index is 0.0973. The Morgan fingerprint density at radius 2 is 2.11 bits per heavy atom. The molecule has 0 aliphatic heterocycles. The standard InChI is InChI=1S/C15H19NO3/c1-11-3-2-4-13(7-11)8-14(17)16(10-15(18)19)9-12-5-6-12/h2-4,7,12H,5-6,8-10H2,1H3,(H,18,19). The second kappa shape index (κ2) is 5.87. The average molecular weight is 261 g/mol. The Kier molecular flexibility index (Phi) is 4.20. The molecule has 1 aliphatic carbocycles. The van der Waals surface area contributed by atoms with Gasteiger partial charge in [0.2, 0.25) is 5.91 Å². The van der Waals surface area contributed by atoms with Crippen LogP contribution in [0.2, 0.25) is 0 Å². The van der Waals surface area contributed by atoms with E-state index in [2.05, 4.69) is 0 Å². The third kappa shape index (κ3) is 4.39. The molecular weight excluding hydrogens is 242 g/mol. The predicted octanol–water partition coefficient (Wildman–Crippen LogP) is 1.86. The third-order valence-electron chi connectivity index (χ3n) is 3.29.